The Hall–Kier alpha value is -4.19. The van der Waals surface area contributed by atoms with Crippen molar-refractivity contribution in [2.45, 2.75) is 6.92 Å². The fraction of sp³-hybridized carbons (Fsp3) is 0.115. The fourth-order valence-corrected chi connectivity index (χ4v) is 3.19. The van der Waals surface area contributed by atoms with Crippen molar-refractivity contribution in [2.24, 2.45) is 0 Å². The predicted octanol–water partition coefficient (Wildman–Crippen LogP) is 5.73. The number of hydrogen-bond acceptors (Lipinski definition) is 6. The second-order valence-corrected chi connectivity index (χ2v) is 6.98. The van der Waals surface area contributed by atoms with Gasteiger partial charge in [-0.1, -0.05) is 30.3 Å². The van der Waals surface area contributed by atoms with Gasteiger partial charge in [0.2, 0.25) is 0 Å². The third-order valence-corrected chi connectivity index (χ3v) is 4.82. The maximum absolute atomic E-state index is 11.9. The number of rotatable bonds is 7. The minimum absolute atomic E-state index is 0.336. The van der Waals surface area contributed by atoms with Crippen LogP contribution in [0.25, 0.3) is 23.1 Å². The summed E-state index contributed by atoms with van der Waals surface area (Å²) in [6, 6.07) is 22.7. The molecule has 0 radical (unpaired) electrons. The summed E-state index contributed by atoms with van der Waals surface area (Å²) < 4.78 is 10.2. The Kier molecular flexibility index (Phi) is 6.41. The molecular formula is C26H23N3O3. The minimum atomic E-state index is -0.336. The van der Waals surface area contributed by atoms with E-state index in [0.29, 0.717) is 23.8 Å². The molecule has 6 heteroatoms. The summed E-state index contributed by atoms with van der Waals surface area (Å²) >= 11 is 0. The first-order chi connectivity index (χ1) is 15.7. The Labute approximate surface area is 186 Å². The van der Waals surface area contributed by atoms with E-state index in [0.717, 1.165) is 27.9 Å². The zero-order chi connectivity index (χ0) is 22.3. The highest BCUT2D eigenvalue weighted by molar-refractivity contribution is 5.92. The summed E-state index contributed by atoms with van der Waals surface area (Å²) in [4.78, 5) is 21.2. The lowest BCUT2D eigenvalue weighted by molar-refractivity contribution is 0.0526. The predicted molar refractivity (Wildman–Crippen MR) is 127 cm³/mol. The van der Waals surface area contributed by atoms with Gasteiger partial charge in [0.15, 0.2) is 5.82 Å². The van der Waals surface area contributed by atoms with E-state index in [-0.39, 0.29) is 5.97 Å². The van der Waals surface area contributed by atoms with Gasteiger partial charge >= 0.3 is 5.97 Å². The number of benzene rings is 3. The van der Waals surface area contributed by atoms with E-state index in [4.69, 9.17) is 14.5 Å². The van der Waals surface area contributed by atoms with Crippen molar-refractivity contribution in [3.8, 4) is 5.75 Å². The number of ether oxygens (including phenoxy) is 2. The van der Waals surface area contributed by atoms with Gasteiger partial charge in [0.05, 0.1) is 24.8 Å². The van der Waals surface area contributed by atoms with Gasteiger partial charge in [0.25, 0.3) is 0 Å². The molecule has 1 heterocycles. The maximum atomic E-state index is 11.9. The maximum Gasteiger partial charge on any atom is 0.338 e. The number of esters is 1. The molecule has 0 bridgehead atoms. The SMILES string of the molecule is CCOC(=O)c1ccc(Nc2nc(/C=C/c3ccc(OC)cc3)nc3ccccc23)cc1. The van der Waals surface area contributed by atoms with Crippen molar-refractivity contribution in [3.05, 3.63) is 89.7 Å². The Bertz CT molecular complexity index is 1250. The molecule has 3 aromatic carbocycles. The third-order valence-electron chi connectivity index (χ3n) is 4.82. The highest BCUT2D eigenvalue weighted by atomic mass is 16.5. The van der Waals surface area contributed by atoms with Gasteiger partial charge in [-0.3, -0.25) is 0 Å². The molecule has 0 saturated carbocycles. The number of fused-ring (bicyclic) bond motifs is 1. The molecule has 32 heavy (non-hydrogen) atoms. The quantitative estimate of drug-likeness (QED) is 0.381. The average molecular weight is 425 g/mol. The summed E-state index contributed by atoms with van der Waals surface area (Å²) in [5.41, 5.74) is 3.18. The van der Waals surface area contributed by atoms with Gasteiger partial charge in [-0.2, -0.15) is 0 Å². The van der Waals surface area contributed by atoms with E-state index < -0.39 is 0 Å². The fourth-order valence-electron chi connectivity index (χ4n) is 3.19. The zero-order valence-corrected chi connectivity index (χ0v) is 17.9. The monoisotopic (exact) mass is 425 g/mol. The molecule has 160 valence electrons. The van der Waals surface area contributed by atoms with Gasteiger partial charge in [-0.15, -0.1) is 0 Å². The number of carbonyl (C=O) groups excluding carboxylic acids is 1. The van der Waals surface area contributed by atoms with Crippen LogP contribution in [0.5, 0.6) is 5.75 Å². The first-order valence-corrected chi connectivity index (χ1v) is 10.3. The molecule has 0 aliphatic carbocycles. The van der Waals surface area contributed by atoms with Crippen LogP contribution in [0.2, 0.25) is 0 Å². The number of methoxy groups -OCH3 is 1. The van der Waals surface area contributed by atoms with Crippen molar-refractivity contribution < 1.29 is 14.3 Å². The van der Waals surface area contributed by atoms with Crippen molar-refractivity contribution in [2.75, 3.05) is 19.0 Å². The van der Waals surface area contributed by atoms with E-state index in [9.17, 15) is 4.79 Å². The molecule has 0 spiro atoms. The molecule has 1 aromatic heterocycles. The second kappa shape index (κ2) is 9.75. The third kappa shape index (κ3) is 4.92. The van der Waals surface area contributed by atoms with Crippen LogP contribution < -0.4 is 10.1 Å². The molecule has 0 aliphatic rings. The van der Waals surface area contributed by atoms with E-state index in [1.54, 1.807) is 26.2 Å². The van der Waals surface area contributed by atoms with Crippen LogP contribution in [0, 0.1) is 0 Å². The Morgan fingerprint density at radius 2 is 1.69 bits per heavy atom. The van der Waals surface area contributed by atoms with Crippen LogP contribution in [0.3, 0.4) is 0 Å². The molecule has 0 unspecified atom stereocenters. The van der Waals surface area contributed by atoms with Crippen molar-refractivity contribution in [1.82, 2.24) is 9.97 Å². The van der Waals surface area contributed by atoms with E-state index in [1.165, 1.54) is 0 Å². The topological polar surface area (TPSA) is 73.3 Å². The molecule has 6 nitrogen and oxygen atoms in total. The van der Waals surface area contributed by atoms with Crippen LogP contribution in [0.1, 0.15) is 28.7 Å². The van der Waals surface area contributed by atoms with Crippen molar-refractivity contribution >= 4 is 40.5 Å². The minimum Gasteiger partial charge on any atom is -0.497 e. The van der Waals surface area contributed by atoms with E-state index >= 15 is 0 Å². The summed E-state index contributed by atoms with van der Waals surface area (Å²) in [6.07, 6.45) is 3.84. The first-order valence-electron chi connectivity index (χ1n) is 10.3. The van der Waals surface area contributed by atoms with Gasteiger partial charge in [0, 0.05) is 11.1 Å². The lowest BCUT2D eigenvalue weighted by Gasteiger charge is -2.10. The number of nitrogens with zero attached hydrogens (tertiary/aromatic N) is 2. The van der Waals surface area contributed by atoms with E-state index in [2.05, 4.69) is 10.3 Å². The zero-order valence-electron chi connectivity index (χ0n) is 17.9. The number of anilines is 2. The molecule has 0 aliphatic heterocycles. The second-order valence-electron chi connectivity index (χ2n) is 6.98. The Morgan fingerprint density at radius 3 is 2.41 bits per heavy atom. The van der Waals surface area contributed by atoms with Crippen molar-refractivity contribution in [3.63, 3.8) is 0 Å². The Balaban J connectivity index is 1.62. The van der Waals surface area contributed by atoms with E-state index in [1.807, 2.05) is 72.8 Å². The van der Waals surface area contributed by atoms with Crippen LogP contribution >= 0.6 is 0 Å². The van der Waals surface area contributed by atoms with Crippen LogP contribution in [-0.2, 0) is 4.74 Å². The van der Waals surface area contributed by atoms with Gasteiger partial charge in [0.1, 0.15) is 11.6 Å². The number of aromatic nitrogens is 2. The lowest BCUT2D eigenvalue weighted by Crippen LogP contribution is -2.04. The average Bonchev–Trinajstić information content (AvgIpc) is 2.83. The molecule has 0 amide bonds. The molecular weight excluding hydrogens is 402 g/mol. The number of carbonyl (C=O) groups is 1. The smallest absolute Gasteiger partial charge is 0.338 e. The molecule has 4 rings (SSSR count). The summed E-state index contributed by atoms with van der Waals surface area (Å²) in [5.74, 6) is 1.75. The standard InChI is InChI=1S/C26H23N3O3/c1-3-32-26(30)19-11-13-20(14-12-19)27-25-22-6-4-5-7-23(22)28-24(29-25)17-10-18-8-15-21(31-2)16-9-18/h4-17H,3H2,1-2H3,(H,27,28,29)/b17-10+. The number of nitrogens with one attached hydrogen (secondary N) is 1. The van der Waals surface area contributed by atoms with Gasteiger partial charge in [-0.25, -0.2) is 14.8 Å². The summed E-state index contributed by atoms with van der Waals surface area (Å²) in [5, 5.41) is 4.25. The highest BCUT2D eigenvalue weighted by Gasteiger charge is 2.09. The molecule has 0 saturated heterocycles. The number of para-hydroxylation sites is 1. The largest absolute Gasteiger partial charge is 0.497 e. The lowest BCUT2D eigenvalue weighted by atomic mass is 10.2. The molecule has 4 aromatic rings. The molecule has 0 fully saturated rings. The van der Waals surface area contributed by atoms with Crippen LogP contribution in [0.15, 0.2) is 72.8 Å². The van der Waals surface area contributed by atoms with Crippen LogP contribution in [-0.4, -0.2) is 29.7 Å². The molecule has 1 N–H and O–H groups in total. The summed E-state index contributed by atoms with van der Waals surface area (Å²) in [7, 11) is 1.65. The Morgan fingerprint density at radius 1 is 0.938 bits per heavy atom. The van der Waals surface area contributed by atoms with Crippen LogP contribution in [0.4, 0.5) is 11.5 Å². The van der Waals surface area contributed by atoms with Gasteiger partial charge < -0.3 is 14.8 Å². The normalized spacial score (nSPS) is 10.9. The molecule has 0 atom stereocenters. The first kappa shape index (κ1) is 21.1. The van der Waals surface area contributed by atoms with Gasteiger partial charge in [-0.05, 0) is 67.1 Å². The summed E-state index contributed by atoms with van der Waals surface area (Å²) in [6.45, 7) is 2.13. The highest BCUT2D eigenvalue weighted by Crippen LogP contribution is 2.25. The number of hydrogen-bond donors (Lipinski definition) is 1. The van der Waals surface area contributed by atoms with Crippen molar-refractivity contribution in [1.29, 1.82) is 0 Å².